The van der Waals surface area contributed by atoms with Crippen LogP contribution in [0.3, 0.4) is 0 Å². The van der Waals surface area contributed by atoms with Crippen LogP contribution in [0.1, 0.15) is 6.42 Å². The third-order valence-electron chi connectivity index (χ3n) is 3.27. The minimum absolute atomic E-state index is 0.245. The number of rotatable bonds is 4. The lowest BCUT2D eigenvalue weighted by molar-refractivity contribution is 0.751. The first-order valence-corrected chi connectivity index (χ1v) is 6.30. The van der Waals surface area contributed by atoms with Gasteiger partial charge in [-0.15, -0.1) is 0 Å². The molecule has 0 spiro atoms. The van der Waals surface area contributed by atoms with Gasteiger partial charge in [-0.2, -0.15) is 0 Å². The maximum absolute atomic E-state index is 5.96. The Morgan fingerprint density at radius 1 is 1.50 bits per heavy atom. The molecule has 1 unspecified atom stereocenters. The van der Waals surface area contributed by atoms with Crippen LogP contribution in [0.2, 0.25) is 0 Å². The Balaban J connectivity index is 2.20. The topological polar surface area (TPSA) is 97.4 Å². The molecule has 1 aromatic rings. The SMILES string of the molecule is CN(CCN)c1nc(N2CCC(N)C2)ccc1N. The highest BCUT2D eigenvalue weighted by Crippen LogP contribution is 2.25. The summed E-state index contributed by atoms with van der Waals surface area (Å²) in [4.78, 5) is 8.80. The maximum atomic E-state index is 5.96. The fraction of sp³-hybridized carbons (Fsp3) is 0.583. The van der Waals surface area contributed by atoms with E-state index in [4.69, 9.17) is 17.2 Å². The van der Waals surface area contributed by atoms with Crippen LogP contribution in [-0.2, 0) is 0 Å². The van der Waals surface area contributed by atoms with Crippen molar-refractivity contribution in [1.82, 2.24) is 4.98 Å². The average molecular weight is 250 g/mol. The van der Waals surface area contributed by atoms with Crippen molar-refractivity contribution >= 4 is 17.3 Å². The Hall–Kier alpha value is -1.53. The lowest BCUT2D eigenvalue weighted by atomic mass is 10.3. The van der Waals surface area contributed by atoms with Crippen molar-refractivity contribution in [3.8, 4) is 0 Å². The van der Waals surface area contributed by atoms with Crippen LogP contribution in [0, 0.1) is 0 Å². The molecule has 6 N–H and O–H groups in total. The first-order chi connectivity index (χ1) is 8.61. The fourth-order valence-corrected chi connectivity index (χ4v) is 2.23. The molecule has 1 fully saturated rings. The van der Waals surface area contributed by atoms with Gasteiger partial charge in [-0.1, -0.05) is 0 Å². The summed E-state index contributed by atoms with van der Waals surface area (Å²) in [6.45, 7) is 3.13. The van der Waals surface area contributed by atoms with Crippen molar-refractivity contribution < 1.29 is 0 Å². The molecular formula is C12H22N6. The van der Waals surface area contributed by atoms with Crippen LogP contribution in [-0.4, -0.2) is 44.3 Å². The number of nitrogens with two attached hydrogens (primary N) is 3. The monoisotopic (exact) mass is 250 g/mol. The standard InChI is InChI=1S/C12H22N6/c1-17(7-5-13)12-10(15)2-3-11(16-12)18-6-4-9(14)8-18/h2-3,9H,4-8,13-15H2,1H3. The van der Waals surface area contributed by atoms with E-state index in [0.29, 0.717) is 12.2 Å². The average Bonchev–Trinajstić information content (AvgIpc) is 2.77. The van der Waals surface area contributed by atoms with E-state index in [1.807, 2.05) is 24.1 Å². The number of aromatic nitrogens is 1. The molecule has 0 aromatic carbocycles. The van der Waals surface area contributed by atoms with Gasteiger partial charge in [-0.25, -0.2) is 4.98 Å². The molecule has 100 valence electrons. The molecule has 0 aliphatic carbocycles. The van der Waals surface area contributed by atoms with Gasteiger partial charge in [-0.3, -0.25) is 0 Å². The van der Waals surface area contributed by atoms with Gasteiger partial charge in [0, 0.05) is 39.3 Å². The molecule has 0 saturated carbocycles. The molecule has 0 amide bonds. The lowest BCUT2D eigenvalue weighted by Gasteiger charge is -2.23. The summed E-state index contributed by atoms with van der Waals surface area (Å²) >= 11 is 0. The van der Waals surface area contributed by atoms with Gasteiger partial charge in [-0.05, 0) is 18.6 Å². The van der Waals surface area contributed by atoms with E-state index in [-0.39, 0.29) is 6.04 Å². The fourth-order valence-electron chi connectivity index (χ4n) is 2.23. The van der Waals surface area contributed by atoms with Crippen molar-refractivity contribution in [2.45, 2.75) is 12.5 Å². The van der Waals surface area contributed by atoms with E-state index in [9.17, 15) is 0 Å². The zero-order valence-corrected chi connectivity index (χ0v) is 10.8. The molecule has 1 atom stereocenters. The number of anilines is 3. The molecule has 2 rings (SSSR count). The number of hydrogen-bond acceptors (Lipinski definition) is 6. The molecule has 18 heavy (non-hydrogen) atoms. The summed E-state index contributed by atoms with van der Waals surface area (Å²) < 4.78 is 0. The molecular weight excluding hydrogens is 228 g/mol. The van der Waals surface area contributed by atoms with Crippen LogP contribution in [0.4, 0.5) is 17.3 Å². The molecule has 1 aromatic heterocycles. The first kappa shape index (κ1) is 12.9. The normalized spacial score (nSPS) is 19.3. The number of pyridine rings is 1. The van der Waals surface area contributed by atoms with E-state index in [1.54, 1.807) is 0 Å². The zero-order chi connectivity index (χ0) is 13.1. The molecule has 0 radical (unpaired) electrons. The van der Waals surface area contributed by atoms with Gasteiger partial charge in [0.1, 0.15) is 5.82 Å². The van der Waals surface area contributed by atoms with Crippen molar-refractivity contribution in [1.29, 1.82) is 0 Å². The quantitative estimate of drug-likeness (QED) is 0.672. The van der Waals surface area contributed by atoms with E-state index < -0.39 is 0 Å². The smallest absolute Gasteiger partial charge is 0.154 e. The second-order valence-corrected chi connectivity index (χ2v) is 4.79. The van der Waals surface area contributed by atoms with E-state index in [0.717, 1.165) is 37.7 Å². The molecule has 1 saturated heterocycles. The van der Waals surface area contributed by atoms with E-state index in [2.05, 4.69) is 9.88 Å². The van der Waals surface area contributed by atoms with E-state index in [1.165, 1.54) is 0 Å². The van der Waals surface area contributed by atoms with E-state index >= 15 is 0 Å². The van der Waals surface area contributed by atoms with Gasteiger partial charge >= 0.3 is 0 Å². The number of nitrogen functional groups attached to an aromatic ring is 1. The Kier molecular flexibility index (Phi) is 3.88. The highest BCUT2D eigenvalue weighted by Gasteiger charge is 2.21. The summed E-state index contributed by atoms with van der Waals surface area (Å²) in [7, 11) is 1.95. The highest BCUT2D eigenvalue weighted by atomic mass is 15.3. The van der Waals surface area contributed by atoms with Gasteiger partial charge in [0.05, 0.1) is 5.69 Å². The van der Waals surface area contributed by atoms with Gasteiger partial charge in [0.25, 0.3) is 0 Å². The van der Waals surface area contributed by atoms with Crippen LogP contribution < -0.4 is 27.0 Å². The predicted molar refractivity (Wildman–Crippen MR) is 75.8 cm³/mol. The molecule has 2 heterocycles. The lowest BCUT2D eigenvalue weighted by Crippen LogP contribution is -2.29. The van der Waals surface area contributed by atoms with Crippen molar-refractivity contribution in [3.63, 3.8) is 0 Å². The summed E-state index contributed by atoms with van der Waals surface area (Å²) in [5.74, 6) is 1.73. The van der Waals surface area contributed by atoms with Crippen molar-refractivity contribution in [2.75, 3.05) is 48.8 Å². The number of nitrogens with zero attached hydrogens (tertiary/aromatic N) is 3. The van der Waals surface area contributed by atoms with Crippen LogP contribution in [0.15, 0.2) is 12.1 Å². The molecule has 1 aliphatic heterocycles. The predicted octanol–water partition coefficient (Wildman–Crippen LogP) is -0.404. The summed E-state index contributed by atoms with van der Waals surface area (Å²) in [5, 5.41) is 0. The molecule has 6 heteroatoms. The molecule has 6 nitrogen and oxygen atoms in total. The molecule has 0 bridgehead atoms. The Morgan fingerprint density at radius 2 is 2.28 bits per heavy atom. The third-order valence-corrected chi connectivity index (χ3v) is 3.27. The van der Waals surface area contributed by atoms with Gasteiger partial charge < -0.3 is 27.0 Å². The Labute approximate surface area is 108 Å². The molecule has 1 aliphatic rings. The first-order valence-electron chi connectivity index (χ1n) is 6.30. The minimum atomic E-state index is 0.245. The maximum Gasteiger partial charge on any atom is 0.154 e. The highest BCUT2D eigenvalue weighted by molar-refractivity contribution is 5.66. The second kappa shape index (κ2) is 5.41. The van der Waals surface area contributed by atoms with Crippen molar-refractivity contribution in [3.05, 3.63) is 12.1 Å². The Morgan fingerprint density at radius 3 is 2.89 bits per heavy atom. The Bertz CT molecular complexity index is 408. The van der Waals surface area contributed by atoms with Crippen LogP contribution in [0.25, 0.3) is 0 Å². The third kappa shape index (κ3) is 2.65. The second-order valence-electron chi connectivity index (χ2n) is 4.79. The summed E-state index contributed by atoms with van der Waals surface area (Å²) in [5.41, 5.74) is 18.1. The van der Waals surface area contributed by atoms with Gasteiger partial charge in [0.2, 0.25) is 0 Å². The van der Waals surface area contributed by atoms with Gasteiger partial charge in [0.15, 0.2) is 5.82 Å². The minimum Gasteiger partial charge on any atom is -0.396 e. The largest absolute Gasteiger partial charge is 0.396 e. The van der Waals surface area contributed by atoms with Crippen molar-refractivity contribution in [2.24, 2.45) is 11.5 Å². The number of likely N-dealkylation sites (N-methyl/N-ethyl adjacent to an activating group) is 1. The van der Waals surface area contributed by atoms with Crippen LogP contribution >= 0.6 is 0 Å². The number of hydrogen-bond donors (Lipinski definition) is 3. The zero-order valence-electron chi connectivity index (χ0n) is 10.8. The summed E-state index contributed by atoms with van der Waals surface area (Å²) in [6, 6.07) is 4.09. The summed E-state index contributed by atoms with van der Waals surface area (Å²) in [6.07, 6.45) is 1.01. The van der Waals surface area contributed by atoms with Crippen LogP contribution in [0.5, 0.6) is 0 Å².